The lowest BCUT2D eigenvalue weighted by Gasteiger charge is -2.10. The Bertz CT molecular complexity index is 1200. The van der Waals surface area contributed by atoms with Crippen molar-refractivity contribution in [2.45, 2.75) is 13.5 Å². The van der Waals surface area contributed by atoms with Gasteiger partial charge in [0.2, 0.25) is 0 Å². The number of hydrogen-bond acceptors (Lipinski definition) is 7. The van der Waals surface area contributed by atoms with Crippen LogP contribution in [0.15, 0.2) is 74.9 Å². The van der Waals surface area contributed by atoms with Gasteiger partial charge in [0.25, 0.3) is 5.91 Å². The van der Waals surface area contributed by atoms with Gasteiger partial charge >= 0.3 is 11.8 Å². The summed E-state index contributed by atoms with van der Waals surface area (Å²) in [5, 5.41) is 8.99. The van der Waals surface area contributed by atoms with Crippen LogP contribution in [0.4, 0.5) is 5.69 Å². The maximum Gasteiger partial charge on any atom is 0.329 e. The summed E-state index contributed by atoms with van der Waals surface area (Å²) in [4.78, 5) is 36.4. The number of benzene rings is 2. The molecule has 0 bridgehead atoms. The Labute approximate surface area is 209 Å². The molecule has 0 aliphatic carbocycles. The zero-order chi connectivity index (χ0) is 25.0. The topological polar surface area (TPSA) is 131 Å². The lowest BCUT2D eigenvalue weighted by molar-refractivity contribution is -0.136. The van der Waals surface area contributed by atoms with Crippen LogP contribution in [-0.4, -0.2) is 37.1 Å². The summed E-state index contributed by atoms with van der Waals surface area (Å²) < 4.78 is 16.9. The number of nitrogens with one attached hydrogen (secondary N) is 3. The number of halogens is 1. The molecule has 35 heavy (non-hydrogen) atoms. The molecule has 10 nitrogen and oxygen atoms in total. The lowest BCUT2D eigenvalue weighted by Crippen LogP contribution is -2.32. The van der Waals surface area contributed by atoms with Crippen LogP contribution >= 0.6 is 15.9 Å². The second kappa shape index (κ2) is 12.9. The molecule has 182 valence electrons. The SMILES string of the molecule is CCOc1ccccc1NC(=O)C(=O)N/N=C\c1cc(Br)ccc1OCC(=O)NCc1ccco1. The van der Waals surface area contributed by atoms with E-state index in [9.17, 15) is 14.4 Å². The minimum Gasteiger partial charge on any atom is -0.492 e. The first-order valence-corrected chi connectivity index (χ1v) is 11.3. The van der Waals surface area contributed by atoms with Crippen LogP contribution < -0.4 is 25.5 Å². The molecule has 3 N–H and O–H groups in total. The first-order valence-electron chi connectivity index (χ1n) is 10.5. The third kappa shape index (κ3) is 8.00. The van der Waals surface area contributed by atoms with Crippen molar-refractivity contribution in [1.29, 1.82) is 0 Å². The van der Waals surface area contributed by atoms with Crippen LogP contribution in [0.1, 0.15) is 18.2 Å². The fraction of sp³-hybridized carbons (Fsp3) is 0.167. The molecule has 3 amide bonds. The van der Waals surface area contributed by atoms with Crippen LogP contribution in [0, 0.1) is 0 Å². The van der Waals surface area contributed by atoms with E-state index in [1.165, 1.54) is 12.5 Å². The largest absolute Gasteiger partial charge is 0.492 e. The smallest absolute Gasteiger partial charge is 0.329 e. The summed E-state index contributed by atoms with van der Waals surface area (Å²) in [6, 6.07) is 15.3. The van der Waals surface area contributed by atoms with Gasteiger partial charge < -0.3 is 24.5 Å². The van der Waals surface area contributed by atoms with Crippen LogP contribution in [-0.2, 0) is 20.9 Å². The van der Waals surface area contributed by atoms with Crippen LogP contribution in [0.2, 0.25) is 0 Å². The highest BCUT2D eigenvalue weighted by Crippen LogP contribution is 2.24. The number of nitrogens with zero attached hydrogens (tertiary/aromatic N) is 1. The number of para-hydroxylation sites is 2. The van der Waals surface area contributed by atoms with E-state index in [0.29, 0.717) is 35.1 Å². The molecule has 1 aromatic heterocycles. The highest BCUT2D eigenvalue weighted by molar-refractivity contribution is 9.10. The second-order valence-corrected chi connectivity index (χ2v) is 7.83. The monoisotopic (exact) mass is 542 g/mol. The highest BCUT2D eigenvalue weighted by atomic mass is 79.9. The molecule has 2 aromatic carbocycles. The number of ether oxygens (including phenoxy) is 2. The Morgan fingerprint density at radius 2 is 1.86 bits per heavy atom. The Morgan fingerprint density at radius 1 is 1.03 bits per heavy atom. The molecule has 1 heterocycles. The van der Waals surface area contributed by atoms with Crippen molar-refractivity contribution in [2.24, 2.45) is 5.10 Å². The summed E-state index contributed by atoms with van der Waals surface area (Å²) in [7, 11) is 0. The van der Waals surface area contributed by atoms with Gasteiger partial charge in [-0.1, -0.05) is 28.1 Å². The molecule has 11 heteroatoms. The molecule has 0 spiro atoms. The van der Waals surface area contributed by atoms with Crippen LogP contribution in [0.3, 0.4) is 0 Å². The fourth-order valence-corrected chi connectivity index (χ4v) is 3.17. The van der Waals surface area contributed by atoms with Crippen molar-refractivity contribution >= 4 is 45.6 Å². The number of carbonyl (C=O) groups excluding carboxylic acids is 3. The van der Waals surface area contributed by atoms with Crippen molar-refractivity contribution < 1.29 is 28.3 Å². The van der Waals surface area contributed by atoms with Crippen molar-refractivity contribution in [1.82, 2.24) is 10.7 Å². The lowest BCUT2D eigenvalue weighted by atomic mass is 10.2. The molecule has 3 aromatic rings. The zero-order valence-corrected chi connectivity index (χ0v) is 20.3. The van der Waals surface area contributed by atoms with Gasteiger partial charge in [-0.25, -0.2) is 5.43 Å². The number of hydrogen-bond donors (Lipinski definition) is 3. The molecule has 0 saturated carbocycles. The van der Waals surface area contributed by atoms with Crippen LogP contribution in [0.5, 0.6) is 11.5 Å². The molecule has 0 unspecified atom stereocenters. The maximum atomic E-state index is 12.2. The van der Waals surface area contributed by atoms with E-state index in [2.05, 4.69) is 37.1 Å². The summed E-state index contributed by atoms with van der Waals surface area (Å²) in [6.45, 7) is 2.23. The van der Waals surface area contributed by atoms with Crippen molar-refractivity contribution in [3.8, 4) is 11.5 Å². The number of amides is 3. The quantitative estimate of drug-likeness (QED) is 0.205. The van der Waals surface area contributed by atoms with E-state index in [4.69, 9.17) is 13.9 Å². The van der Waals surface area contributed by atoms with Crippen molar-refractivity contribution in [3.05, 3.63) is 76.7 Å². The van der Waals surface area contributed by atoms with Gasteiger partial charge in [0, 0.05) is 10.0 Å². The minimum absolute atomic E-state index is 0.239. The second-order valence-electron chi connectivity index (χ2n) is 6.91. The van der Waals surface area contributed by atoms with Crippen molar-refractivity contribution in [3.63, 3.8) is 0 Å². The van der Waals surface area contributed by atoms with Crippen LogP contribution in [0.25, 0.3) is 0 Å². The molecular weight excluding hydrogens is 520 g/mol. The number of hydrazone groups is 1. The fourth-order valence-electron chi connectivity index (χ4n) is 2.79. The van der Waals surface area contributed by atoms with Crippen molar-refractivity contribution in [2.75, 3.05) is 18.5 Å². The van der Waals surface area contributed by atoms with Gasteiger partial charge in [-0.05, 0) is 49.4 Å². The van der Waals surface area contributed by atoms with E-state index in [-0.39, 0.29) is 19.1 Å². The van der Waals surface area contributed by atoms with Gasteiger partial charge in [0.05, 0.1) is 31.3 Å². The molecule has 0 saturated heterocycles. The minimum atomic E-state index is -0.970. The predicted molar refractivity (Wildman–Crippen MR) is 132 cm³/mol. The Hall–Kier alpha value is -4.12. The van der Waals surface area contributed by atoms with Gasteiger partial charge in [-0.15, -0.1) is 0 Å². The van der Waals surface area contributed by atoms with E-state index in [1.54, 1.807) is 54.6 Å². The average molecular weight is 543 g/mol. The first kappa shape index (κ1) is 25.5. The summed E-state index contributed by atoms with van der Waals surface area (Å²) in [6.07, 6.45) is 2.83. The number of furan rings is 1. The van der Waals surface area contributed by atoms with E-state index < -0.39 is 11.8 Å². The summed E-state index contributed by atoms with van der Waals surface area (Å²) in [5.41, 5.74) is 3.01. The standard InChI is InChI=1S/C24H23BrN4O6/c1-2-33-21-8-4-3-7-19(21)28-23(31)24(32)29-27-13-16-12-17(25)9-10-20(16)35-15-22(30)26-14-18-6-5-11-34-18/h3-13H,2,14-15H2,1H3,(H,26,30)(H,28,31)(H,29,32)/b27-13-. The Balaban J connectivity index is 1.55. The molecule has 0 aliphatic heterocycles. The van der Waals surface area contributed by atoms with Gasteiger partial charge in [0.15, 0.2) is 6.61 Å². The molecule has 0 atom stereocenters. The third-order valence-corrected chi connectivity index (χ3v) is 4.87. The summed E-state index contributed by atoms with van der Waals surface area (Å²) in [5.74, 6) is -0.797. The van der Waals surface area contributed by atoms with Gasteiger partial charge in [-0.3, -0.25) is 14.4 Å². The van der Waals surface area contributed by atoms with E-state index in [0.717, 1.165) is 4.47 Å². The number of rotatable bonds is 10. The summed E-state index contributed by atoms with van der Waals surface area (Å²) >= 11 is 3.35. The van der Waals surface area contributed by atoms with Gasteiger partial charge in [0.1, 0.15) is 17.3 Å². The third-order valence-electron chi connectivity index (χ3n) is 4.38. The first-order chi connectivity index (χ1) is 17.0. The zero-order valence-electron chi connectivity index (χ0n) is 18.7. The van der Waals surface area contributed by atoms with Gasteiger partial charge in [-0.2, -0.15) is 5.10 Å². The number of carbonyl (C=O) groups is 3. The Morgan fingerprint density at radius 3 is 2.63 bits per heavy atom. The molecule has 3 rings (SSSR count). The Kier molecular flexibility index (Phi) is 9.43. The molecule has 0 aliphatic rings. The van der Waals surface area contributed by atoms with E-state index >= 15 is 0 Å². The molecule has 0 fully saturated rings. The maximum absolute atomic E-state index is 12.2. The van der Waals surface area contributed by atoms with E-state index in [1.807, 2.05) is 6.92 Å². The highest BCUT2D eigenvalue weighted by Gasteiger charge is 2.15. The number of anilines is 1. The molecular formula is C24H23BrN4O6. The predicted octanol–water partition coefficient (Wildman–Crippen LogP) is 3.22. The normalized spacial score (nSPS) is 10.6. The average Bonchev–Trinajstić information content (AvgIpc) is 3.37. The molecule has 0 radical (unpaired) electrons.